The Morgan fingerprint density at radius 2 is 2.08 bits per heavy atom. The fraction of sp³-hybridized carbons (Fsp3) is 0.667. The average molecular weight is 207 g/mol. The van der Waals surface area contributed by atoms with Crippen LogP contribution in [0.4, 0.5) is 0 Å². The van der Waals surface area contributed by atoms with Gasteiger partial charge in [0.2, 0.25) is 5.51 Å². The minimum atomic E-state index is 0. The second-order valence-electron chi connectivity index (χ2n) is 2.77. The van der Waals surface area contributed by atoms with Crippen molar-refractivity contribution in [2.45, 2.75) is 40.2 Å². The molecule has 1 rings (SSSR count). The Labute approximate surface area is 84.8 Å². The molecule has 12 heavy (non-hydrogen) atoms. The lowest BCUT2D eigenvalue weighted by Crippen LogP contribution is -2.32. The summed E-state index contributed by atoms with van der Waals surface area (Å²) >= 11 is 1.89. The molecule has 0 unspecified atom stereocenters. The first kappa shape index (κ1) is 11.9. The highest BCUT2D eigenvalue weighted by atomic mass is 35.5. The lowest BCUT2D eigenvalue weighted by atomic mass is 10.2. The van der Waals surface area contributed by atoms with Gasteiger partial charge in [0, 0.05) is 6.92 Å². The molecule has 1 aromatic heterocycles. The largest absolute Gasteiger partial charge is 0.225 e. The summed E-state index contributed by atoms with van der Waals surface area (Å²) in [6.07, 6.45) is 2.49. The minimum absolute atomic E-state index is 0. The first-order valence-electron chi connectivity index (χ1n) is 4.26. The zero-order chi connectivity index (χ0) is 8.27. The summed E-state index contributed by atoms with van der Waals surface area (Å²) in [6, 6.07) is 0. The third kappa shape index (κ3) is 2.46. The van der Waals surface area contributed by atoms with E-state index >= 15 is 0 Å². The molecule has 0 aliphatic carbocycles. The molecule has 0 N–H and O–H groups in total. The molecule has 1 nitrogen and oxygen atoms in total. The molecule has 0 spiro atoms. The van der Waals surface area contributed by atoms with Gasteiger partial charge in [-0.1, -0.05) is 24.7 Å². The van der Waals surface area contributed by atoms with Gasteiger partial charge in [0.1, 0.15) is 6.54 Å². The summed E-state index contributed by atoms with van der Waals surface area (Å²) < 4.78 is 2.32. The van der Waals surface area contributed by atoms with Crippen molar-refractivity contribution in [2.75, 3.05) is 0 Å². The highest BCUT2D eigenvalue weighted by Gasteiger charge is 2.11. The summed E-state index contributed by atoms with van der Waals surface area (Å²) in [5.74, 6) is 0. The van der Waals surface area contributed by atoms with E-state index in [4.69, 9.17) is 0 Å². The number of halogens is 1. The maximum absolute atomic E-state index is 2.32. The van der Waals surface area contributed by atoms with E-state index in [1.54, 1.807) is 4.88 Å². The van der Waals surface area contributed by atoms with Gasteiger partial charge in [-0.3, -0.25) is 0 Å². The van der Waals surface area contributed by atoms with Crippen molar-refractivity contribution < 1.29 is 4.57 Å². The Morgan fingerprint density at radius 1 is 1.42 bits per heavy atom. The molecule has 0 aliphatic heterocycles. The molecule has 70 valence electrons. The molecule has 0 saturated heterocycles. The Balaban J connectivity index is 0.00000121. The quantitative estimate of drug-likeness (QED) is 0.670. The Hall–Kier alpha value is -0.0800. The van der Waals surface area contributed by atoms with Crippen molar-refractivity contribution in [1.29, 1.82) is 0 Å². The molecule has 0 bridgehead atoms. The second kappa shape index (κ2) is 5.55. The number of nitrogens with zero attached hydrogens (tertiary/aromatic N) is 1. The van der Waals surface area contributed by atoms with Crippen LogP contribution >= 0.6 is 23.7 Å². The van der Waals surface area contributed by atoms with E-state index in [0.717, 1.165) is 6.54 Å². The van der Waals surface area contributed by atoms with Crippen molar-refractivity contribution in [3.8, 4) is 0 Å². The molecule has 0 fully saturated rings. The van der Waals surface area contributed by atoms with Gasteiger partial charge >= 0.3 is 0 Å². The smallest absolute Gasteiger partial charge is 0.193 e. The van der Waals surface area contributed by atoms with Crippen molar-refractivity contribution >= 4 is 23.7 Å². The van der Waals surface area contributed by atoms with Gasteiger partial charge in [-0.2, -0.15) is 4.57 Å². The van der Waals surface area contributed by atoms with Crippen molar-refractivity contribution in [1.82, 2.24) is 0 Å². The molecule has 3 heteroatoms. The van der Waals surface area contributed by atoms with Crippen LogP contribution in [-0.2, 0) is 13.0 Å². The van der Waals surface area contributed by atoms with Crippen LogP contribution in [0.1, 0.15) is 30.8 Å². The molecular formula is C9H17ClNS+. The minimum Gasteiger partial charge on any atom is -0.193 e. The topological polar surface area (TPSA) is 3.88 Å². The van der Waals surface area contributed by atoms with Crippen LogP contribution in [0.2, 0.25) is 0 Å². The van der Waals surface area contributed by atoms with Crippen LogP contribution in [0.3, 0.4) is 0 Å². The molecule has 0 radical (unpaired) electrons. The number of aromatic nitrogens is 1. The first-order valence-corrected chi connectivity index (χ1v) is 5.14. The summed E-state index contributed by atoms with van der Waals surface area (Å²) in [6.45, 7) is 7.74. The van der Waals surface area contributed by atoms with Crippen molar-refractivity contribution in [2.24, 2.45) is 0 Å². The number of aryl methyl sites for hydroxylation is 2. The number of hydrogen-bond donors (Lipinski definition) is 0. The monoisotopic (exact) mass is 206 g/mol. The zero-order valence-electron chi connectivity index (χ0n) is 7.96. The van der Waals surface area contributed by atoms with E-state index in [0.29, 0.717) is 0 Å². The van der Waals surface area contributed by atoms with E-state index in [1.165, 1.54) is 18.5 Å². The number of rotatable bonds is 3. The molecule has 0 aromatic carbocycles. The molecule has 0 atom stereocenters. The van der Waals surface area contributed by atoms with Crippen molar-refractivity contribution in [3.63, 3.8) is 0 Å². The number of thiazole rings is 1. The lowest BCUT2D eigenvalue weighted by molar-refractivity contribution is -0.694. The third-order valence-corrected chi connectivity index (χ3v) is 3.12. The maximum atomic E-state index is 2.32. The predicted octanol–water partition coefficient (Wildman–Crippen LogP) is 2.74. The van der Waals surface area contributed by atoms with Crippen LogP contribution in [-0.4, -0.2) is 0 Å². The Bertz CT molecular complexity index is 232. The highest BCUT2D eigenvalue weighted by molar-refractivity contribution is 7.09. The molecule has 1 heterocycles. The first-order chi connectivity index (χ1) is 5.29. The van der Waals surface area contributed by atoms with Crippen LogP contribution in [0.15, 0.2) is 5.51 Å². The van der Waals surface area contributed by atoms with Crippen molar-refractivity contribution in [3.05, 3.63) is 16.1 Å². The molecule has 0 amide bonds. The van der Waals surface area contributed by atoms with Gasteiger partial charge in [0.05, 0.1) is 4.88 Å². The molecule has 1 aromatic rings. The normalized spacial score (nSPS) is 9.58. The SMILES string of the molecule is CCCc1sc[n+](CC)c1C.Cl. The van der Waals surface area contributed by atoms with Gasteiger partial charge < -0.3 is 0 Å². The molecule has 0 saturated carbocycles. The fourth-order valence-electron chi connectivity index (χ4n) is 1.23. The summed E-state index contributed by atoms with van der Waals surface area (Å²) in [7, 11) is 0. The zero-order valence-corrected chi connectivity index (χ0v) is 9.60. The van der Waals surface area contributed by atoms with E-state index < -0.39 is 0 Å². The van der Waals surface area contributed by atoms with Gasteiger partial charge in [-0.05, 0) is 13.3 Å². The van der Waals surface area contributed by atoms with Crippen LogP contribution in [0.25, 0.3) is 0 Å². The van der Waals surface area contributed by atoms with E-state index in [2.05, 4.69) is 30.8 Å². The van der Waals surface area contributed by atoms with Gasteiger partial charge in [0.25, 0.3) is 0 Å². The Kier molecular flexibility index (Phi) is 5.51. The summed E-state index contributed by atoms with van der Waals surface area (Å²) in [5.41, 5.74) is 3.68. The second-order valence-corrected chi connectivity index (χ2v) is 3.71. The molecule has 0 aliphatic rings. The number of hydrogen-bond acceptors (Lipinski definition) is 1. The predicted molar refractivity (Wildman–Crippen MR) is 56.2 cm³/mol. The van der Waals surface area contributed by atoms with E-state index in [9.17, 15) is 0 Å². The maximum Gasteiger partial charge on any atom is 0.225 e. The highest BCUT2D eigenvalue weighted by Crippen LogP contribution is 2.12. The van der Waals surface area contributed by atoms with Crippen LogP contribution in [0.5, 0.6) is 0 Å². The average Bonchev–Trinajstić information content (AvgIpc) is 2.34. The standard InChI is InChI=1S/C9H16NS.ClH/c1-4-6-9-8(3)10(5-2)7-11-9;/h7H,4-6H2,1-3H3;1H/q+1;. The molecular weight excluding hydrogens is 190 g/mol. The van der Waals surface area contributed by atoms with Gasteiger partial charge in [0.15, 0.2) is 5.69 Å². The third-order valence-electron chi connectivity index (χ3n) is 1.97. The lowest BCUT2D eigenvalue weighted by Gasteiger charge is -1.91. The van der Waals surface area contributed by atoms with Gasteiger partial charge in [-0.15, -0.1) is 12.4 Å². The fourth-order valence-corrected chi connectivity index (χ4v) is 2.40. The van der Waals surface area contributed by atoms with Gasteiger partial charge in [-0.25, -0.2) is 0 Å². The van der Waals surface area contributed by atoms with Crippen LogP contribution < -0.4 is 4.57 Å². The summed E-state index contributed by atoms with van der Waals surface area (Å²) in [4.78, 5) is 1.55. The van der Waals surface area contributed by atoms with Crippen LogP contribution in [0, 0.1) is 6.92 Å². The van der Waals surface area contributed by atoms with E-state index in [1.807, 2.05) is 11.3 Å². The Morgan fingerprint density at radius 3 is 2.50 bits per heavy atom. The summed E-state index contributed by atoms with van der Waals surface area (Å²) in [5, 5.41) is 0. The van der Waals surface area contributed by atoms with E-state index in [-0.39, 0.29) is 12.4 Å².